The SMILES string of the molecule is COc1ccc(NCC#CC2(O)CCN(C)CC2)cc1. The number of ether oxygens (including phenoxy) is 1. The molecule has 2 rings (SSSR count). The minimum Gasteiger partial charge on any atom is -0.497 e. The molecule has 0 amide bonds. The molecule has 1 heterocycles. The molecule has 0 aliphatic carbocycles. The summed E-state index contributed by atoms with van der Waals surface area (Å²) in [5.74, 6) is 6.87. The number of rotatable bonds is 3. The summed E-state index contributed by atoms with van der Waals surface area (Å²) < 4.78 is 5.10. The van der Waals surface area contributed by atoms with E-state index in [2.05, 4.69) is 29.1 Å². The molecule has 108 valence electrons. The van der Waals surface area contributed by atoms with Crippen LogP contribution in [0.5, 0.6) is 5.75 Å². The fraction of sp³-hybridized carbons (Fsp3) is 0.500. The van der Waals surface area contributed by atoms with Gasteiger partial charge in [0.15, 0.2) is 0 Å². The molecule has 0 bridgehead atoms. The van der Waals surface area contributed by atoms with Gasteiger partial charge in [0.05, 0.1) is 13.7 Å². The molecule has 0 unspecified atom stereocenters. The quantitative estimate of drug-likeness (QED) is 0.821. The van der Waals surface area contributed by atoms with Gasteiger partial charge in [-0.3, -0.25) is 0 Å². The zero-order chi connectivity index (χ0) is 14.4. The molecular formula is C16H22N2O2. The Balaban J connectivity index is 1.82. The first-order valence-corrected chi connectivity index (χ1v) is 6.90. The Hall–Kier alpha value is -1.70. The molecule has 4 heteroatoms. The summed E-state index contributed by atoms with van der Waals surface area (Å²) in [6.07, 6.45) is 1.44. The number of likely N-dealkylation sites (tertiary alicyclic amines) is 1. The van der Waals surface area contributed by atoms with Crippen molar-refractivity contribution in [3.05, 3.63) is 24.3 Å². The minimum atomic E-state index is -0.811. The van der Waals surface area contributed by atoms with Crippen molar-refractivity contribution in [1.29, 1.82) is 0 Å². The van der Waals surface area contributed by atoms with Crippen molar-refractivity contribution in [2.75, 3.05) is 39.1 Å². The Bertz CT molecular complexity index is 479. The molecule has 0 radical (unpaired) electrons. The van der Waals surface area contributed by atoms with Gasteiger partial charge in [0.2, 0.25) is 0 Å². The summed E-state index contributed by atoms with van der Waals surface area (Å²) in [6.45, 7) is 2.33. The van der Waals surface area contributed by atoms with E-state index in [-0.39, 0.29) is 0 Å². The van der Waals surface area contributed by atoms with E-state index >= 15 is 0 Å². The monoisotopic (exact) mass is 274 g/mol. The van der Waals surface area contributed by atoms with Crippen molar-refractivity contribution in [3.63, 3.8) is 0 Å². The predicted octanol–water partition coefficient (Wildman–Crippen LogP) is 1.57. The largest absolute Gasteiger partial charge is 0.497 e. The predicted molar refractivity (Wildman–Crippen MR) is 80.9 cm³/mol. The van der Waals surface area contributed by atoms with Crippen LogP contribution in [0, 0.1) is 11.8 Å². The van der Waals surface area contributed by atoms with E-state index in [1.165, 1.54) is 0 Å². The molecule has 4 nitrogen and oxygen atoms in total. The van der Waals surface area contributed by atoms with Crippen LogP contribution in [0.15, 0.2) is 24.3 Å². The van der Waals surface area contributed by atoms with E-state index in [0.29, 0.717) is 6.54 Å². The minimum absolute atomic E-state index is 0.532. The number of piperidine rings is 1. The van der Waals surface area contributed by atoms with Crippen molar-refractivity contribution in [3.8, 4) is 17.6 Å². The summed E-state index contributed by atoms with van der Waals surface area (Å²) in [7, 11) is 3.72. The lowest BCUT2D eigenvalue weighted by atomic mass is 9.92. The number of benzene rings is 1. The smallest absolute Gasteiger partial charge is 0.128 e. The Morgan fingerprint density at radius 3 is 2.55 bits per heavy atom. The standard InChI is InChI=1S/C16H22N2O2/c1-18-12-9-16(19,10-13-18)8-3-11-17-14-4-6-15(20-2)7-5-14/h4-7,17,19H,9-13H2,1-2H3. The van der Waals surface area contributed by atoms with Gasteiger partial charge in [-0.2, -0.15) is 0 Å². The van der Waals surface area contributed by atoms with E-state index in [0.717, 1.165) is 37.4 Å². The van der Waals surface area contributed by atoms with Gasteiger partial charge in [-0.25, -0.2) is 0 Å². The molecule has 1 saturated heterocycles. The van der Waals surface area contributed by atoms with Crippen molar-refractivity contribution in [2.45, 2.75) is 18.4 Å². The molecule has 0 aromatic heterocycles. The van der Waals surface area contributed by atoms with Gasteiger partial charge in [-0.15, -0.1) is 0 Å². The van der Waals surface area contributed by atoms with E-state index < -0.39 is 5.60 Å². The highest BCUT2D eigenvalue weighted by molar-refractivity contribution is 5.47. The number of aliphatic hydroxyl groups is 1. The summed E-state index contributed by atoms with van der Waals surface area (Å²) in [4.78, 5) is 2.21. The number of hydrogen-bond donors (Lipinski definition) is 2. The van der Waals surface area contributed by atoms with Gasteiger partial charge in [0.1, 0.15) is 11.4 Å². The first kappa shape index (κ1) is 14.7. The maximum Gasteiger partial charge on any atom is 0.128 e. The molecular weight excluding hydrogens is 252 g/mol. The molecule has 2 N–H and O–H groups in total. The third-order valence-corrected chi connectivity index (χ3v) is 3.61. The highest BCUT2D eigenvalue weighted by atomic mass is 16.5. The average Bonchev–Trinajstić information content (AvgIpc) is 2.48. The molecule has 0 spiro atoms. The number of methoxy groups -OCH3 is 1. The number of nitrogens with zero attached hydrogens (tertiary/aromatic N) is 1. The molecule has 1 aromatic carbocycles. The lowest BCUT2D eigenvalue weighted by molar-refractivity contribution is 0.0349. The average molecular weight is 274 g/mol. The second kappa shape index (κ2) is 6.65. The number of nitrogens with one attached hydrogen (secondary N) is 1. The lowest BCUT2D eigenvalue weighted by Crippen LogP contribution is -2.41. The number of hydrogen-bond acceptors (Lipinski definition) is 4. The normalized spacial score (nSPS) is 17.9. The summed E-state index contributed by atoms with van der Waals surface area (Å²) >= 11 is 0. The summed E-state index contributed by atoms with van der Waals surface area (Å²) in [5.41, 5.74) is 0.184. The summed E-state index contributed by atoms with van der Waals surface area (Å²) in [6, 6.07) is 7.70. The van der Waals surface area contributed by atoms with E-state index in [9.17, 15) is 5.11 Å². The molecule has 1 fully saturated rings. The van der Waals surface area contributed by atoms with Gasteiger partial charge in [0, 0.05) is 31.6 Å². The van der Waals surface area contributed by atoms with Crippen molar-refractivity contribution in [1.82, 2.24) is 4.90 Å². The molecule has 1 aromatic rings. The Morgan fingerprint density at radius 2 is 1.95 bits per heavy atom. The lowest BCUT2D eigenvalue weighted by Gasteiger charge is -2.32. The van der Waals surface area contributed by atoms with Crippen molar-refractivity contribution in [2.24, 2.45) is 0 Å². The van der Waals surface area contributed by atoms with Gasteiger partial charge in [0.25, 0.3) is 0 Å². The third kappa shape index (κ3) is 4.16. The van der Waals surface area contributed by atoms with E-state index in [1.54, 1.807) is 7.11 Å². The third-order valence-electron chi connectivity index (χ3n) is 3.61. The molecule has 20 heavy (non-hydrogen) atoms. The zero-order valence-electron chi connectivity index (χ0n) is 12.1. The molecule has 0 atom stereocenters. The zero-order valence-corrected chi connectivity index (χ0v) is 12.1. The van der Waals surface area contributed by atoms with Crippen LogP contribution in [0.3, 0.4) is 0 Å². The van der Waals surface area contributed by atoms with Crippen LogP contribution >= 0.6 is 0 Å². The van der Waals surface area contributed by atoms with Gasteiger partial charge >= 0.3 is 0 Å². The molecule has 0 saturated carbocycles. The summed E-state index contributed by atoms with van der Waals surface area (Å²) in [5, 5.41) is 13.5. The van der Waals surface area contributed by atoms with E-state index in [4.69, 9.17) is 4.74 Å². The fourth-order valence-electron chi connectivity index (χ4n) is 2.18. The fourth-order valence-corrected chi connectivity index (χ4v) is 2.18. The van der Waals surface area contributed by atoms with Crippen LogP contribution < -0.4 is 10.1 Å². The van der Waals surface area contributed by atoms with Crippen LogP contribution in [-0.4, -0.2) is 49.4 Å². The Morgan fingerprint density at radius 1 is 1.30 bits per heavy atom. The topological polar surface area (TPSA) is 44.7 Å². The maximum absolute atomic E-state index is 10.3. The molecule has 1 aliphatic heterocycles. The number of anilines is 1. The second-order valence-corrected chi connectivity index (χ2v) is 5.22. The van der Waals surface area contributed by atoms with Crippen LogP contribution in [0.2, 0.25) is 0 Å². The van der Waals surface area contributed by atoms with Crippen LogP contribution in [0.4, 0.5) is 5.69 Å². The first-order valence-electron chi connectivity index (χ1n) is 6.90. The van der Waals surface area contributed by atoms with Gasteiger partial charge in [-0.05, 0) is 31.3 Å². The highest BCUT2D eigenvalue weighted by Crippen LogP contribution is 2.20. The Kier molecular flexibility index (Phi) is 4.89. The first-order chi connectivity index (χ1) is 9.61. The highest BCUT2D eigenvalue weighted by Gasteiger charge is 2.28. The molecule has 1 aliphatic rings. The Labute approximate surface area is 120 Å². The van der Waals surface area contributed by atoms with Gasteiger partial charge < -0.3 is 20.1 Å². The second-order valence-electron chi connectivity index (χ2n) is 5.22. The van der Waals surface area contributed by atoms with Crippen LogP contribution in [-0.2, 0) is 0 Å². The maximum atomic E-state index is 10.3. The van der Waals surface area contributed by atoms with Crippen LogP contribution in [0.25, 0.3) is 0 Å². The van der Waals surface area contributed by atoms with Gasteiger partial charge in [-0.1, -0.05) is 11.8 Å². The van der Waals surface area contributed by atoms with E-state index in [1.807, 2.05) is 24.3 Å². The van der Waals surface area contributed by atoms with Crippen molar-refractivity contribution >= 4 is 5.69 Å². The van der Waals surface area contributed by atoms with Crippen LogP contribution in [0.1, 0.15) is 12.8 Å². The van der Waals surface area contributed by atoms with Crippen molar-refractivity contribution < 1.29 is 9.84 Å².